The van der Waals surface area contributed by atoms with Gasteiger partial charge < -0.3 is 29.8 Å². The van der Waals surface area contributed by atoms with Gasteiger partial charge in [-0.3, -0.25) is 19.4 Å². The Balaban J connectivity index is 1.01. The molecule has 2 saturated heterocycles. The zero-order valence-corrected chi connectivity index (χ0v) is 31.6. The van der Waals surface area contributed by atoms with Crippen LogP contribution in [0.3, 0.4) is 0 Å². The Morgan fingerprint density at radius 1 is 0.786 bits per heavy atom. The van der Waals surface area contributed by atoms with Crippen LogP contribution < -0.4 is 16.5 Å². The average Bonchev–Trinajstić information content (AvgIpc) is 3.58. The van der Waals surface area contributed by atoms with Gasteiger partial charge in [0.2, 0.25) is 11.8 Å². The molecule has 1 aromatic heterocycles. The van der Waals surface area contributed by atoms with Gasteiger partial charge in [-0.15, -0.1) is 0 Å². The van der Waals surface area contributed by atoms with Crippen LogP contribution in [-0.4, -0.2) is 62.3 Å². The molecular weight excluding hydrogens is 711 g/mol. The summed E-state index contributed by atoms with van der Waals surface area (Å²) in [5.74, 6) is -0.456. The second kappa shape index (κ2) is 18.7. The van der Waals surface area contributed by atoms with Crippen LogP contribution in [0.1, 0.15) is 92.1 Å². The van der Waals surface area contributed by atoms with Gasteiger partial charge in [0.25, 0.3) is 0 Å². The normalized spacial score (nSPS) is 19.2. The van der Waals surface area contributed by atoms with Gasteiger partial charge in [0.05, 0.1) is 29.8 Å². The number of hydrogen-bond donors (Lipinski definition) is 5. The number of carbonyl (C=O) groups is 2. The Morgan fingerprint density at radius 3 is 2.29 bits per heavy atom. The second-order valence-electron chi connectivity index (χ2n) is 14.9. The first kappa shape index (κ1) is 39.1. The molecule has 294 valence electrons. The topological polar surface area (TPSA) is 158 Å². The fourth-order valence-corrected chi connectivity index (χ4v) is 7.94. The number of nitrogens with zero attached hydrogens (tertiary/aromatic N) is 2. The molecule has 0 aliphatic carbocycles. The number of carbonyl (C=O) groups excluding carboxylic acids is 2. The zero-order chi connectivity index (χ0) is 38.9. The van der Waals surface area contributed by atoms with Crippen molar-refractivity contribution in [3.8, 4) is 11.1 Å². The highest BCUT2D eigenvalue weighted by Gasteiger charge is 2.34. The second-order valence-corrected chi connectivity index (χ2v) is 14.9. The molecule has 5 aromatic rings. The fraction of sp³-hybridized carbons (Fsp3) is 0.386. The number of ether oxygens (including phenoxy) is 2. The van der Waals surface area contributed by atoms with Gasteiger partial charge in [0.15, 0.2) is 6.29 Å². The summed E-state index contributed by atoms with van der Waals surface area (Å²) in [7, 11) is 0. The largest absolute Gasteiger partial charge is 0.392 e. The lowest BCUT2D eigenvalue weighted by molar-refractivity contribution is -0.253. The van der Waals surface area contributed by atoms with E-state index in [0.29, 0.717) is 32.2 Å². The number of aromatic amines is 1. The van der Waals surface area contributed by atoms with Gasteiger partial charge in [-0.25, -0.2) is 10.3 Å². The molecule has 2 amide bonds. The molecule has 2 aliphatic heterocycles. The van der Waals surface area contributed by atoms with Crippen molar-refractivity contribution in [2.75, 3.05) is 19.6 Å². The van der Waals surface area contributed by atoms with Gasteiger partial charge in [0, 0.05) is 57.0 Å². The van der Waals surface area contributed by atoms with Crippen LogP contribution in [-0.2, 0) is 32.2 Å². The predicted molar refractivity (Wildman–Crippen MR) is 212 cm³/mol. The number of aliphatic hydroxyl groups excluding tert-OH is 1. The Labute approximate surface area is 326 Å². The van der Waals surface area contributed by atoms with Gasteiger partial charge in [0.1, 0.15) is 0 Å². The van der Waals surface area contributed by atoms with E-state index in [2.05, 4.69) is 39.5 Å². The van der Waals surface area contributed by atoms with Crippen LogP contribution >= 0.6 is 0 Å². The Morgan fingerprint density at radius 2 is 1.52 bits per heavy atom. The highest BCUT2D eigenvalue weighted by atomic mass is 16.7. The number of para-hydroxylation sites is 2. The number of benzene rings is 4. The lowest BCUT2D eigenvalue weighted by Gasteiger charge is -2.40. The number of aromatic nitrogens is 2. The summed E-state index contributed by atoms with van der Waals surface area (Å²) in [5, 5.41) is 21.3. The minimum Gasteiger partial charge on any atom is -0.392 e. The summed E-state index contributed by atoms with van der Waals surface area (Å²) in [6, 6.07) is 32.3. The number of piperidine rings is 1. The molecule has 2 fully saturated rings. The molecule has 3 atom stereocenters. The third-order valence-corrected chi connectivity index (χ3v) is 11.0. The lowest BCUT2D eigenvalue weighted by atomic mass is 9.97. The number of likely N-dealkylation sites (tertiary alicyclic amines) is 1. The number of amides is 2. The molecule has 4 aromatic carbocycles. The maximum absolute atomic E-state index is 12.9. The zero-order valence-electron chi connectivity index (χ0n) is 31.6. The third-order valence-electron chi connectivity index (χ3n) is 11.0. The summed E-state index contributed by atoms with van der Waals surface area (Å²) in [6.45, 7) is 2.85. The van der Waals surface area contributed by atoms with Crippen LogP contribution in [0.15, 0.2) is 102 Å². The van der Waals surface area contributed by atoms with E-state index in [1.165, 1.54) is 0 Å². The lowest BCUT2D eigenvalue weighted by Crippen LogP contribution is -2.43. The van der Waals surface area contributed by atoms with E-state index >= 15 is 0 Å². The molecule has 7 rings (SSSR count). The van der Waals surface area contributed by atoms with Gasteiger partial charge in [-0.1, -0.05) is 79.2 Å². The summed E-state index contributed by atoms with van der Waals surface area (Å²) in [5.41, 5.74) is 9.21. The first-order chi connectivity index (χ1) is 27.4. The van der Waals surface area contributed by atoms with Crippen LogP contribution in [0.5, 0.6) is 0 Å². The highest BCUT2D eigenvalue weighted by molar-refractivity contribution is 5.76. The summed E-state index contributed by atoms with van der Waals surface area (Å²) in [6.07, 6.45) is 4.17. The standard InChI is InChI=1S/C44H51N5O7/c50-29-30-16-18-32(19-17-30)40-26-37(28-48-22-20-36(21-23-48)49-39-13-5-4-12-38(39)46-44(49)53)55-43(56-40)35-11-7-10-34(25-35)33-9-6-8-31(24-33)27-45-41(51)14-2-1-3-15-42(52)47-54/h4-13,16-19,24-25,36-37,40,43,50,54H,1-3,14-15,20-23,26-29H2,(H,45,51)(H,46,53)(H,47,52)/t37-,40+,43+/m1/s1. The van der Waals surface area contributed by atoms with E-state index < -0.39 is 12.2 Å². The van der Waals surface area contributed by atoms with E-state index in [4.69, 9.17) is 14.7 Å². The van der Waals surface area contributed by atoms with Gasteiger partial charge in [-0.2, -0.15) is 0 Å². The van der Waals surface area contributed by atoms with E-state index in [1.54, 1.807) is 5.48 Å². The maximum atomic E-state index is 12.9. The molecule has 0 spiro atoms. The Hall–Kier alpha value is -5.11. The quantitative estimate of drug-likeness (QED) is 0.0463. The van der Waals surface area contributed by atoms with E-state index in [1.807, 2.05) is 77.4 Å². The van der Waals surface area contributed by atoms with E-state index in [-0.39, 0.29) is 42.9 Å². The Kier molecular flexibility index (Phi) is 13.1. The van der Waals surface area contributed by atoms with Crippen LogP contribution in [0.2, 0.25) is 0 Å². The number of aliphatic hydroxyl groups is 1. The Bertz CT molecular complexity index is 2140. The minimum absolute atomic E-state index is 0.0177. The first-order valence-corrected chi connectivity index (χ1v) is 19.7. The van der Waals surface area contributed by atoms with Crippen LogP contribution in [0.25, 0.3) is 22.2 Å². The smallest absolute Gasteiger partial charge is 0.326 e. The summed E-state index contributed by atoms with van der Waals surface area (Å²) >= 11 is 0. The number of imidazole rings is 1. The molecule has 0 radical (unpaired) electrons. The van der Waals surface area contributed by atoms with Crippen molar-refractivity contribution in [1.82, 2.24) is 25.2 Å². The molecule has 5 N–H and O–H groups in total. The van der Waals surface area contributed by atoms with E-state index in [0.717, 1.165) is 83.3 Å². The number of unbranched alkanes of at least 4 members (excludes halogenated alkanes) is 2. The number of hydroxylamine groups is 1. The van der Waals surface area contributed by atoms with Crippen LogP contribution in [0, 0.1) is 0 Å². The molecule has 3 heterocycles. The van der Waals surface area contributed by atoms with Crippen molar-refractivity contribution in [3.63, 3.8) is 0 Å². The summed E-state index contributed by atoms with van der Waals surface area (Å²) < 4.78 is 15.4. The van der Waals surface area contributed by atoms with Gasteiger partial charge in [-0.05, 0) is 77.8 Å². The summed E-state index contributed by atoms with van der Waals surface area (Å²) in [4.78, 5) is 42.0. The van der Waals surface area contributed by atoms with Gasteiger partial charge >= 0.3 is 5.69 Å². The molecule has 56 heavy (non-hydrogen) atoms. The minimum atomic E-state index is -0.598. The molecular formula is C44H51N5O7. The van der Waals surface area contributed by atoms with Crippen molar-refractivity contribution in [1.29, 1.82) is 0 Å². The molecule has 12 nitrogen and oxygen atoms in total. The first-order valence-electron chi connectivity index (χ1n) is 19.7. The van der Waals surface area contributed by atoms with Crippen LogP contribution in [0.4, 0.5) is 0 Å². The maximum Gasteiger partial charge on any atom is 0.326 e. The number of hydrogen-bond acceptors (Lipinski definition) is 8. The SMILES string of the molecule is O=C(CCCCCC(=O)NCc1cccc(-c2cccc([C@H]3O[C@@H](CN4CCC(n5c(=O)[nH]c6ccccc65)CC4)C[C@@H](c4ccc(CO)cc4)O3)c2)c1)NO. The molecule has 0 bridgehead atoms. The highest BCUT2D eigenvalue weighted by Crippen LogP contribution is 2.39. The fourth-order valence-electron chi connectivity index (χ4n) is 7.94. The van der Waals surface area contributed by atoms with Crippen molar-refractivity contribution in [2.24, 2.45) is 0 Å². The van der Waals surface area contributed by atoms with Crippen molar-refractivity contribution >= 4 is 22.8 Å². The predicted octanol–water partition coefficient (Wildman–Crippen LogP) is 6.44. The van der Waals surface area contributed by atoms with Crippen molar-refractivity contribution in [3.05, 3.63) is 130 Å². The number of rotatable bonds is 15. The number of nitrogens with one attached hydrogen (secondary N) is 3. The monoisotopic (exact) mass is 761 g/mol. The molecule has 0 unspecified atom stereocenters. The van der Waals surface area contributed by atoms with Crippen molar-refractivity contribution in [2.45, 2.75) is 89.1 Å². The molecule has 2 aliphatic rings. The third kappa shape index (κ3) is 9.81. The van der Waals surface area contributed by atoms with E-state index in [9.17, 15) is 19.5 Å². The average molecular weight is 762 g/mol. The number of H-pyrrole nitrogens is 1. The van der Waals surface area contributed by atoms with Crippen molar-refractivity contribution < 1.29 is 29.4 Å². The molecule has 12 heteroatoms. The molecule has 0 saturated carbocycles. The number of fused-ring (bicyclic) bond motifs is 1.